The topological polar surface area (TPSA) is 101 Å². The number of rotatable bonds is 5. The molecule has 0 spiro atoms. The fraction of sp³-hybridized carbons (Fsp3) is 0.167. The first kappa shape index (κ1) is 14.4. The molecule has 100 valence electrons. The van der Waals surface area contributed by atoms with E-state index in [1.165, 1.54) is 31.3 Å². The van der Waals surface area contributed by atoms with Crippen molar-refractivity contribution in [3.8, 4) is 0 Å². The van der Waals surface area contributed by atoms with Crippen LogP contribution in [0.5, 0.6) is 0 Å². The summed E-state index contributed by atoms with van der Waals surface area (Å²) in [5.41, 5.74) is 0.164. The average molecular weight is 264 g/mol. The van der Waals surface area contributed by atoms with E-state index in [1.807, 2.05) is 0 Å². The van der Waals surface area contributed by atoms with E-state index in [9.17, 15) is 19.7 Å². The number of para-hydroxylation sites is 1. The molecule has 0 aromatic heterocycles. The minimum atomic E-state index is -1.13. The number of nitrogens with zero attached hydrogens (tertiary/aromatic N) is 2. The van der Waals surface area contributed by atoms with Crippen molar-refractivity contribution in [1.82, 2.24) is 4.90 Å². The zero-order valence-electron chi connectivity index (χ0n) is 10.1. The lowest BCUT2D eigenvalue weighted by atomic mass is 10.1. The van der Waals surface area contributed by atoms with E-state index in [-0.39, 0.29) is 11.3 Å². The van der Waals surface area contributed by atoms with Crippen LogP contribution in [0.1, 0.15) is 5.56 Å². The largest absolute Gasteiger partial charge is 0.480 e. The third-order valence-electron chi connectivity index (χ3n) is 2.29. The Kier molecular flexibility index (Phi) is 4.76. The van der Waals surface area contributed by atoms with Crippen LogP contribution < -0.4 is 0 Å². The second-order valence-corrected chi connectivity index (χ2v) is 3.74. The Balaban J connectivity index is 2.85. The van der Waals surface area contributed by atoms with Crippen LogP contribution in [-0.4, -0.2) is 40.4 Å². The molecule has 0 bridgehead atoms. The van der Waals surface area contributed by atoms with Gasteiger partial charge in [0, 0.05) is 19.2 Å². The summed E-state index contributed by atoms with van der Waals surface area (Å²) >= 11 is 0. The summed E-state index contributed by atoms with van der Waals surface area (Å²) < 4.78 is 0. The number of hydrogen-bond donors (Lipinski definition) is 1. The second-order valence-electron chi connectivity index (χ2n) is 3.74. The van der Waals surface area contributed by atoms with Gasteiger partial charge in [-0.3, -0.25) is 19.7 Å². The Bertz CT molecular complexity index is 539. The van der Waals surface area contributed by atoms with Crippen LogP contribution in [0.2, 0.25) is 0 Å². The Morgan fingerprint density at radius 1 is 1.42 bits per heavy atom. The molecule has 0 fully saturated rings. The molecule has 0 aliphatic heterocycles. The number of hydrogen-bond acceptors (Lipinski definition) is 4. The number of carbonyl (C=O) groups is 2. The van der Waals surface area contributed by atoms with Gasteiger partial charge in [-0.05, 0) is 12.1 Å². The quantitative estimate of drug-likeness (QED) is 0.488. The highest BCUT2D eigenvalue weighted by Crippen LogP contribution is 2.18. The zero-order valence-corrected chi connectivity index (χ0v) is 10.1. The van der Waals surface area contributed by atoms with Crippen LogP contribution in [0.25, 0.3) is 6.08 Å². The van der Waals surface area contributed by atoms with E-state index in [2.05, 4.69) is 0 Å². The smallest absolute Gasteiger partial charge is 0.323 e. The van der Waals surface area contributed by atoms with Crippen molar-refractivity contribution in [1.29, 1.82) is 0 Å². The molecule has 0 aliphatic carbocycles. The molecule has 0 saturated carbocycles. The molecule has 1 aromatic rings. The van der Waals surface area contributed by atoms with E-state index >= 15 is 0 Å². The number of carboxylic acid groups (broad SMARTS) is 1. The van der Waals surface area contributed by atoms with Crippen LogP contribution in [0.4, 0.5) is 5.69 Å². The van der Waals surface area contributed by atoms with Gasteiger partial charge in [0.05, 0.1) is 10.5 Å². The van der Waals surface area contributed by atoms with E-state index < -0.39 is 23.3 Å². The summed E-state index contributed by atoms with van der Waals surface area (Å²) in [6.45, 7) is -0.430. The first-order chi connectivity index (χ1) is 8.91. The standard InChI is InChI=1S/C12H12N2O5/c1-13(8-12(16)17)11(15)7-6-9-4-2-3-5-10(9)14(18)19/h2-7H,8H2,1H3,(H,16,17)/b7-6+. The van der Waals surface area contributed by atoms with Gasteiger partial charge in [0.1, 0.15) is 6.54 Å². The van der Waals surface area contributed by atoms with Gasteiger partial charge in [-0.15, -0.1) is 0 Å². The minimum absolute atomic E-state index is 0.118. The summed E-state index contributed by atoms with van der Waals surface area (Å²) in [6, 6.07) is 5.95. The van der Waals surface area contributed by atoms with Crippen molar-refractivity contribution < 1.29 is 19.6 Å². The van der Waals surface area contributed by atoms with Gasteiger partial charge in [-0.1, -0.05) is 12.1 Å². The summed E-state index contributed by atoms with van der Waals surface area (Å²) in [5.74, 6) is -1.67. The van der Waals surface area contributed by atoms with Gasteiger partial charge >= 0.3 is 5.97 Å². The van der Waals surface area contributed by atoms with Crippen molar-refractivity contribution in [3.05, 3.63) is 46.0 Å². The molecule has 0 aliphatic rings. The highest BCUT2D eigenvalue weighted by molar-refractivity contribution is 5.93. The molecule has 1 N–H and O–H groups in total. The third kappa shape index (κ3) is 4.23. The molecule has 1 amide bonds. The molecular weight excluding hydrogens is 252 g/mol. The predicted molar refractivity (Wildman–Crippen MR) is 67.4 cm³/mol. The second kappa shape index (κ2) is 6.29. The van der Waals surface area contributed by atoms with Crippen LogP contribution in [0.3, 0.4) is 0 Å². The summed E-state index contributed by atoms with van der Waals surface area (Å²) in [7, 11) is 1.33. The number of amides is 1. The maximum atomic E-state index is 11.5. The number of carboxylic acids is 1. The Hall–Kier alpha value is -2.70. The molecule has 7 heteroatoms. The van der Waals surface area contributed by atoms with Gasteiger partial charge in [0.15, 0.2) is 0 Å². The fourth-order valence-corrected chi connectivity index (χ4v) is 1.36. The molecule has 0 radical (unpaired) electrons. The SMILES string of the molecule is CN(CC(=O)O)C(=O)/C=C/c1ccccc1[N+](=O)[O-]. The van der Waals surface area contributed by atoms with Gasteiger partial charge in [0.2, 0.25) is 5.91 Å². The number of nitro benzene ring substituents is 1. The highest BCUT2D eigenvalue weighted by Gasteiger charge is 2.12. The van der Waals surface area contributed by atoms with Gasteiger partial charge < -0.3 is 10.0 Å². The molecule has 0 heterocycles. The van der Waals surface area contributed by atoms with Gasteiger partial charge in [-0.25, -0.2) is 0 Å². The number of likely N-dealkylation sites (N-methyl/N-ethyl adjacent to an activating group) is 1. The maximum Gasteiger partial charge on any atom is 0.323 e. The number of benzene rings is 1. The summed E-state index contributed by atoms with van der Waals surface area (Å²) in [6.07, 6.45) is 2.39. The molecular formula is C12H12N2O5. The fourth-order valence-electron chi connectivity index (χ4n) is 1.36. The van der Waals surface area contributed by atoms with Crippen LogP contribution >= 0.6 is 0 Å². The van der Waals surface area contributed by atoms with Crippen molar-refractivity contribution in [3.63, 3.8) is 0 Å². The van der Waals surface area contributed by atoms with Crippen molar-refractivity contribution >= 4 is 23.6 Å². The first-order valence-corrected chi connectivity index (χ1v) is 5.30. The van der Waals surface area contributed by atoms with Crippen molar-refractivity contribution in [2.24, 2.45) is 0 Å². The normalized spacial score (nSPS) is 10.4. The third-order valence-corrected chi connectivity index (χ3v) is 2.29. The summed E-state index contributed by atoms with van der Waals surface area (Å²) in [4.78, 5) is 33.2. The Morgan fingerprint density at radius 2 is 2.05 bits per heavy atom. The lowest BCUT2D eigenvalue weighted by molar-refractivity contribution is -0.385. The van der Waals surface area contributed by atoms with E-state index in [4.69, 9.17) is 5.11 Å². The van der Waals surface area contributed by atoms with Crippen LogP contribution in [0.15, 0.2) is 30.3 Å². The Labute approximate surface area is 108 Å². The summed E-state index contributed by atoms with van der Waals surface area (Å²) in [5, 5.41) is 19.3. The van der Waals surface area contributed by atoms with Crippen molar-refractivity contribution in [2.45, 2.75) is 0 Å². The van der Waals surface area contributed by atoms with Gasteiger partial charge in [-0.2, -0.15) is 0 Å². The molecule has 0 atom stereocenters. The van der Waals surface area contributed by atoms with Crippen LogP contribution in [0, 0.1) is 10.1 Å². The monoisotopic (exact) mass is 264 g/mol. The lowest BCUT2D eigenvalue weighted by Crippen LogP contribution is -2.30. The number of nitro groups is 1. The lowest BCUT2D eigenvalue weighted by Gasteiger charge is -2.11. The number of aliphatic carboxylic acids is 1. The Morgan fingerprint density at radius 3 is 2.63 bits per heavy atom. The molecule has 0 unspecified atom stereocenters. The molecule has 7 nitrogen and oxygen atoms in total. The van der Waals surface area contributed by atoms with Crippen molar-refractivity contribution in [2.75, 3.05) is 13.6 Å². The van der Waals surface area contributed by atoms with Crippen LogP contribution in [-0.2, 0) is 9.59 Å². The zero-order chi connectivity index (χ0) is 14.4. The van der Waals surface area contributed by atoms with E-state index in [0.29, 0.717) is 0 Å². The van der Waals surface area contributed by atoms with Gasteiger partial charge in [0.25, 0.3) is 5.69 Å². The first-order valence-electron chi connectivity index (χ1n) is 5.30. The molecule has 0 saturated heterocycles. The molecule has 1 rings (SSSR count). The minimum Gasteiger partial charge on any atom is -0.480 e. The average Bonchev–Trinajstić information content (AvgIpc) is 2.35. The van der Waals surface area contributed by atoms with E-state index in [0.717, 1.165) is 11.0 Å². The highest BCUT2D eigenvalue weighted by atomic mass is 16.6. The number of carbonyl (C=O) groups excluding carboxylic acids is 1. The van der Waals surface area contributed by atoms with E-state index in [1.54, 1.807) is 6.07 Å². The molecule has 19 heavy (non-hydrogen) atoms. The predicted octanol–water partition coefficient (Wildman–Crippen LogP) is 1.15. The maximum absolute atomic E-state index is 11.5. The molecule has 1 aromatic carbocycles.